The van der Waals surface area contributed by atoms with Crippen LogP contribution in [0.3, 0.4) is 0 Å². The lowest BCUT2D eigenvalue weighted by Crippen LogP contribution is -2.28. The maximum absolute atomic E-state index is 12.9. The van der Waals surface area contributed by atoms with E-state index in [4.69, 9.17) is 14.2 Å². The molecule has 0 atom stereocenters. The molecule has 0 aliphatic carbocycles. The van der Waals surface area contributed by atoms with Crippen molar-refractivity contribution < 1.29 is 14.2 Å². The fourth-order valence-electron chi connectivity index (χ4n) is 3.27. The number of hydrogen-bond acceptors (Lipinski definition) is 8. The molecule has 0 fully saturated rings. The van der Waals surface area contributed by atoms with Crippen LogP contribution in [0.1, 0.15) is 30.2 Å². The summed E-state index contributed by atoms with van der Waals surface area (Å²) in [7, 11) is 3.10. The Morgan fingerprint density at radius 1 is 1.03 bits per heavy atom. The summed E-state index contributed by atoms with van der Waals surface area (Å²) in [6.07, 6.45) is 2.90. The van der Waals surface area contributed by atoms with Gasteiger partial charge in [-0.1, -0.05) is 36.5 Å². The van der Waals surface area contributed by atoms with Crippen molar-refractivity contribution in [3.05, 3.63) is 84.5 Å². The summed E-state index contributed by atoms with van der Waals surface area (Å²) in [4.78, 5) is 29.8. The van der Waals surface area contributed by atoms with E-state index < -0.39 is 5.56 Å². The predicted octanol–water partition coefficient (Wildman–Crippen LogP) is 2.46. The first kappa shape index (κ1) is 22.5. The Morgan fingerprint density at radius 3 is 2.48 bits per heavy atom. The molecule has 0 unspecified atom stereocenters. The third kappa shape index (κ3) is 4.88. The first-order valence-electron chi connectivity index (χ1n) is 10.4. The molecular weight excluding hydrogens is 442 g/mol. The van der Waals surface area contributed by atoms with Crippen molar-refractivity contribution >= 4 is 22.4 Å². The maximum atomic E-state index is 12.9. The van der Waals surface area contributed by atoms with E-state index in [2.05, 4.69) is 10.1 Å². The van der Waals surface area contributed by atoms with Gasteiger partial charge >= 0.3 is 0 Å². The van der Waals surface area contributed by atoms with E-state index in [1.54, 1.807) is 32.4 Å². The topological polar surface area (TPSA) is 92.0 Å². The summed E-state index contributed by atoms with van der Waals surface area (Å²) in [5, 5.41) is 4.31. The molecule has 2 aromatic heterocycles. The van der Waals surface area contributed by atoms with E-state index in [9.17, 15) is 9.59 Å². The molecule has 0 spiro atoms. The van der Waals surface area contributed by atoms with Gasteiger partial charge in [-0.25, -0.2) is 0 Å². The maximum Gasteiger partial charge on any atom is 0.296 e. The second-order valence-corrected chi connectivity index (χ2v) is 8.27. The average Bonchev–Trinajstić information content (AvgIpc) is 3.12. The van der Waals surface area contributed by atoms with E-state index in [0.717, 1.165) is 34.6 Å². The van der Waals surface area contributed by atoms with Gasteiger partial charge in [-0.05, 0) is 47.9 Å². The summed E-state index contributed by atoms with van der Waals surface area (Å²) in [5.41, 5.74) is 1.03. The van der Waals surface area contributed by atoms with Gasteiger partial charge < -0.3 is 14.2 Å². The van der Waals surface area contributed by atoms with Crippen LogP contribution in [0.5, 0.6) is 17.2 Å². The van der Waals surface area contributed by atoms with Crippen LogP contribution in [0, 0.1) is 0 Å². The van der Waals surface area contributed by atoms with Crippen LogP contribution < -0.4 is 29.9 Å². The van der Waals surface area contributed by atoms with Crippen molar-refractivity contribution in [2.24, 2.45) is 0 Å². The normalized spacial score (nSPS) is 11.7. The molecule has 4 aromatic rings. The Kier molecular flexibility index (Phi) is 6.69. The van der Waals surface area contributed by atoms with Crippen molar-refractivity contribution in [3.8, 4) is 17.2 Å². The number of methoxy groups -OCH3 is 2. The van der Waals surface area contributed by atoms with Gasteiger partial charge in [0.05, 0.1) is 25.4 Å². The van der Waals surface area contributed by atoms with E-state index in [1.807, 2.05) is 37.3 Å². The molecule has 0 aliphatic rings. The lowest BCUT2D eigenvalue weighted by Gasteiger charge is -2.09. The van der Waals surface area contributed by atoms with Crippen LogP contribution in [0.2, 0.25) is 0 Å². The largest absolute Gasteiger partial charge is 0.494 e. The lowest BCUT2D eigenvalue weighted by atomic mass is 10.1. The number of fused-ring (bicyclic) bond motifs is 1. The molecule has 0 saturated carbocycles. The minimum atomic E-state index is -0.463. The number of ether oxygens (including phenoxy) is 3. The van der Waals surface area contributed by atoms with Crippen molar-refractivity contribution in [2.75, 3.05) is 20.8 Å². The van der Waals surface area contributed by atoms with E-state index >= 15 is 0 Å². The molecule has 0 bridgehead atoms. The SMILES string of the molecule is CCCOc1ccc(C=c2sc3nc(=O)c(Cc4ccc(OC)c(OC)c4)nn3c2=O)cc1. The lowest BCUT2D eigenvalue weighted by molar-refractivity contribution is 0.317. The van der Waals surface area contributed by atoms with Gasteiger partial charge in [0.2, 0.25) is 4.96 Å². The fourth-order valence-corrected chi connectivity index (χ4v) is 4.17. The number of rotatable bonds is 8. The highest BCUT2D eigenvalue weighted by Crippen LogP contribution is 2.28. The van der Waals surface area contributed by atoms with Crippen molar-refractivity contribution in [2.45, 2.75) is 19.8 Å². The monoisotopic (exact) mass is 465 g/mol. The molecular formula is C24H23N3O5S. The van der Waals surface area contributed by atoms with Gasteiger partial charge in [-0.3, -0.25) is 9.59 Å². The first-order valence-corrected chi connectivity index (χ1v) is 11.2. The minimum absolute atomic E-state index is 0.179. The van der Waals surface area contributed by atoms with Crippen LogP contribution >= 0.6 is 11.3 Å². The third-order valence-corrected chi connectivity index (χ3v) is 5.88. The number of nitrogens with zero attached hydrogens (tertiary/aromatic N) is 3. The van der Waals surface area contributed by atoms with Gasteiger partial charge in [0.25, 0.3) is 11.1 Å². The van der Waals surface area contributed by atoms with Crippen molar-refractivity contribution in [1.82, 2.24) is 14.6 Å². The highest BCUT2D eigenvalue weighted by Gasteiger charge is 2.13. The standard InChI is InChI=1S/C24H23N3O5S/c1-4-11-32-17-8-5-15(6-9-17)14-21-23(29)27-24(33-21)25-22(28)18(26-27)12-16-7-10-19(30-2)20(13-16)31-3/h5-10,13-14H,4,11-12H2,1-3H3. The van der Waals surface area contributed by atoms with Crippen LogP contribution in [0.15, 0.2) is 52.1 Å². The summed E-state index contributed by atoms with van der Waals surface area (Å²) in [6.45, 7) is 2.70. The number of thiazole rings is 1. The van der Waals surface area contributed by atoms with Crippen molar-refractivity contribution in [1.29, 1.82) is 0 Å². The van der Waals surface area contributed by atoms with Crippen LogP contribution in [0.4, 0.5) is 0 Å². The van der Waals surface area contributed by atoms with E-state index in [0.29, 0.717) is 22.6 Å². The smallest absolute Gasteiger partial charge is 0.296 e. The van der Waals surface area contributed by atoms with Gasteiger partial charge in [0.1, 0.15) is 11.4 Å². The first-order chi connectivity index (χ1) is 16.0. The molecule has 2 aromatic carbocycles. The Morgan fingerprint density at radius 2 is 1.79 bits per heavy atom. The quantitative estimate of drug-likeness (QED) is 0.395. The zero-order valence-corrected chi connectivity index (χ0v) is 19.3. The molecule has 9 heteroatoms. The van der Waals surface area contributed by atoms with Crippen molar-refractivity contribution in [3.63, 3.8) is 0 Å². The predicted molar refractivity (Wildman–Crippen MR) is 127 cm³/mol. The third-order valence-electron chi connectivity index (χ3n) is 4.92. The molecule has 4 rings (SSSR count). The van der Waals surface area contributed by atoms with Crippen LogP contribution in [-0.4, -0.2) is 35.4 Å². The summed E-state index contributed by atoms with van der Waals surface area (Å²) >= 11 is 1.13. The van der Waals surface area contributed by atoms with Gasteiger partial charge in [-0.2, -0.15) is 14.6 Å². The summed E-state index contributed by atoms with van der Waals surface area (Å²) in [6, 6.07) is 12.8. The molecule has 0 saturated heterocycles. The summed E-state index contributed by atoms with van der Waals surface area (Å²) in [5.74, 6) is 1.91. The van der Waals surface area contributed by atoms with E-state index in [-0.39, 0.29) is 22.6 Å². The Labute approximate surface area is 193 Å². The molecule has 0 radical (unpaired) electrons. The number of hydrogen-bond donors (Lipinski definition) is 0. The average molecular weight is 466 g/mol. The molecule has 170 valence electrons. The van der Waals surface area contributed by atoms with Crippen LogP contribution in [0.25, 0.3) is 11.0 Å². The molecule has 33 heavy (non-hydrogen) atoms. The Hall–Kier alpha value is -3.72. The molecule has 0 N–H and O–H groups in total. The molecule has 2 heterocycles. The second-order valence-electron chi connectivity index (χ2n) is 7.26. The second kappa shape index (κ2) is 9.83. The number of benzene rings is 2. The number of aromatic nitrogens is 3. The van der Waals surface area contributed by atoms with Crippen LogP contribution in [-0.2, 0) is 6.42 Å². The molecule has 0 aliphatic heterocycles. The van der Waals surface area contributed by atoms with Gasteiger partial charge in [0.15, 0.2) is 11.5 Å². The molecule has 0 amide bonds. The fraction of sp³-hybridized carbons (Fsp3) is 0.250. The van der Waals surface area contributed by atoms with Gasteiger partial charge in [0, 0.05) is 6.42 Å². The Balaban J connectivity index is 1.67. The highest BCUT2D eigenvalue weighted by molar-refractivity contribution is 7.15. The van der Waals surface area contributed by atoms with Gasteiger partial charge in [-0.15, -0.1) is 0 Å². The summed E-state index contributed by atoms with van der Waals surface area (Å²) < 4.78 is 17.8. The molecule has 8 nitrogen and oxygen atoms in total. The minimum Gasteiger partial charge on any atom is -0.494 e. The zero-order chi connectivity index (χ0) is 23.4. The Bertz CT molecular complexity index is 1440. The van der Waals surface area contributed by atoms with E-state index in [1.165, 1.54) is 4.52 Å². The zero-order valence-electron chi connectivity index (χ0n) is 18.5. The highest BCUT2D eigenvalue weighted by atomic mass is 32.1.